The minimum Gasteiger partial charge on any atom is -0.387 e. The van der Waals surface area contributed by atoms with Gasteiger partial charge in [-0.3, -0.25) is 9.13 Å². The number of halogens is 3. The molecule has 1 fully saturated rings. The second-order valence-corrected chi connectivity index (χ2v) is 8.70. The molecule has 1 aliphatic heterocycles. The second-order valence-electron chi connectivity index (χ2n) is 4.42. The molecule has 0 radical (unpaired) electrons. The van der Waals surface area contributed by atoms with Crippen LogP contribution in [0.2, 0.25) is 0 Å². The summed E-state index contributed by atoms with van der Waals surface area (Å²) in [7, 11) is 0. The highest BCUT2D eigenvalue weighted by molar-refractivity contribution is 8.05. The molecular formula is C9H11Cl2FN3O6P. The van der Waals surface area contributed by atoms with Crippen LogP contribution >= 0.6 is 28.6 Å². The number of aliphatic hydroxyl groups is 2. The number of rotatable bonds is 4. The Morgan fingerprint density at radius 2 is 2.14 bits per heavy atom. The summed E-state index contributed by atoms with van der Waals surface area (Å²) >= 11 is 10.4. The van der Waals surface area contributed by atoms with E-state index in [1.807, 2.05) is 0 Å². The minimum atomic E-state index is -3.87. The van der Waals surface area contributed by atoms with E-state index in [-0.39, 0.29) is 0 Å². The topological polar surface area (TPSA) is 137 Å². The largest absolute Gasteiger partial charge is 0.387 e. The number of nitrogens with two attached hydrogens (primary N) is 1. The van der Waals surface area contributed by atoms with Gasteiger partial charge in [-0.05, 0) is 22.5 Å². The molecule has 0 bridgehead atoms. The summed E-state index contributed by atoms with van der Waals surface area (Å²) in [5.41, 5.74) is 4.15. The third-order valence-corrected chi connectivity index (χ3v) is 3.97. The first-order valence-electron chi connectivity index (χ1n) is 5.80. The fraction of sp³-hybridized carbons (Fsp3) is 0.556. The normalized spacial score (nSPS) is 29.0. The van der Waals surface area contributed by atoms with E-state index in [0.717, 1.165) is 0 Å². The molecule has 1 aromatic rings. The molecule has 0 saturated carbocycles. The molecule has 13 heteroatoms. The Balaban J connectivity index is 2.22. The highest BCUT2D eigenvalue weighted by Crippen LogP contribution is 2.57. The van der Waals surface area contributed by atoms with Crippen LogP contribution in [0, 0.1) is 5.82 Å². The Morgan fingerprint density at radius 1 is 1.50 bits per heavy atom. The van der Waals surface area contributed by atoms with Crippen molar-refractivity contribution in [2.24, 2.45) is 0 Å². The molecule has 2 heterocycles. The molecule has 0 aromatic carbocycles. The molecule has 1 aromatic heterocycles. The lowest BCUT2D eigenvalue weighted by Crippen LogP contribution is -2.36. The van der Waals surface area contributed by atoms with Crippen molar-refractivity contribution in [1.29, 1.82) is 0 Å². The Hall–Kier alpha value is -0.740. The molecule has 0 aliphatic carbocycles. The third-order valence-electron chi connectivity index (χ3n) is 2.93. The number of ether oxygens (including phenoxy) is 1. The lowest BCUT2D eigenvalue weighted by Gasteiger charge is -2.17. The van der Waals surface area contributed by atoms with Gasteiger partial charge < -0.3 is 25.2 Å². The highest BCUT2D eigenvalue weighted by atomic mass is 35.9. The first-order chi connectivity index (χ1) is 10.1. The molecule has 0 amide bonds. The molecule has 1 saturated heterocycles. The van der Waals surface area contributed by atoms with Gasteiger partial charge in [0, 0.05) is 0 Å². The van der Waals surface area contributed by atoms with Crippen LogP contribution in [0.25, 0.3) is 0 Å². The summed E-state index contributed by atoms with van der Waals surface area (Å²) in [6.07, 6.45) is -8.93. The van der Waals surface area contributed by atoms with Gasteiger partial charge in [0.2, 0.25) is 0 Å². The molecule has 1 aliphatic rings. The molecule has 4 atom stereocenters. The smallest absolute Gasteiger partial charge is 0.380 e. The molecule has 2 rings (SSSR count). The van der Waals surface area contributed by atoms with Gasteiger partial charge in [0.15, 0.2) is 17.9 Å². The summed E-state index contributed by atoms with van der Waals surface area (Å²) in [5.74, 6) is -1.62. The van der Waals surface area contributed by atoms with Gasteiger partial charge in [-0.1, -0.05) is 0 Å². The fourth-order valence-corrected chi connectivity index (χ4v) is 2.56. The summed E-state index contributed by atoms with van der Waals surface area (Å²) in [5, 5.41) is 19.7. The van der Waals surface area contributed by atoms with Crippen molar-refractivity contribution in [3.05, 3.63) is 22.5 Å². The maximum absolute atomic E-state index is 13.4. The summed E-state index contributed by atoms with van der Waals surface area (Å²) in [4.78, 5) is 14.9. The van der Waals surface area contributed by atoms with Gasteiger partial charge in [-0.25, -0.2) is 9.18 Å². The van der Waals surface area contributed by atoms with Gasteiger partial charge in [0.25, 0.3) is 0 Å². The first kappa shape index (κ1) is 17.6. The Morgan fingerprint density at radius 3 is 2.73 bits per heavy atom. The van der Waals surface area contributed by atoms with Crippen LogP contribution in [0.15, 0.2) is 11.0 Å². The van der Waals surface area contributed by atoms with Gasteiger partial charge >= 0.3 is 11.8 Å². The van der Waals surface area contributed by atoms with Crippen LogP contribution in [-0.2, 0) is 13.8 Å². The summed E-state index contributed by atoms with van der Waals surface area (Å²) < 4.78 is 34.8. The Labute approximate surface area is 132 Å². The van der Waals surface area contributed by atoms with Crippen molar-refractivity contribution in [2.45, 2.75) is 24.5 Å². The number of aliphatic hydroxyl groups excluding tert-OH is 2. The lowest BCUT2D eigenvalue weighted by atomic mass is 10.1. The molecule has 2 unspecified atom stereocenters. The molecule has 0 spiro atoms. The van der Waals surface area contributed by atoms with Crippen molar-refractivity contribution in [1.82, 2.24) is 9.55 Å². The number of hydrogen-bond acceptors (Lipinski definition) is 8. The van der Waals surface area contributed by atoms with Crippen LogP contribution in [0.4, 0.5) is 10.2 Å². The monoisotopic (exact) mass is 377 g/mol. The number of hydrogen-bond donors (Lipinski definition) is 3. The zero-order chi connectivity index (χ0) is 16.7. The standard InChI is InChI=1S/C9H11Cl2FN3O6P/c10-22(11,19)20-2-4-5(16)6(17)8(21-4)15-1-3(12)7(13)14-9(15)18/h1,4-6,8,16-17H,2H2,(H2,13,14,18)/t4-,5?,6?,8-/m1/s1. The highest BCUT2D eigenvalue weighted by Gasteiger charge is 2.45. The van der Waals surface area contributed by atoms with E-state index in [4.69, 9.17) is 33.0 Å². The quantitative estimate of drug-likeness (QED) is 0.632. The van der Waals surface area contributed by atoms with E-state index in [1.54, 1.807) is 0 Å². The average molecular weight is 378 g/mol. The minimum absolute atomic E-state index is 0.515. The molecule has 22 heavy (non-hydrogen) atoms. The van der Waals surface area contributed by atoms with Crippen LogP contribution < -0.4 is 11.4 Å². The number of nitrogen functional groups attached to an aromatic ring is 1. The number of anilines is 1. The van der Waals surface area contributed by atoms with E-state index in [1.165, 1.54) is 0 Å². The van der Waals surface area contributed by atoms with Gasteiger partial charge in [-0.15, -0.1) is 0 Å². The summed E-state index contributed by atoms with van der Waals surface area (Å²) in [6, 6.07) is 0. The van der Waals surface area contributed by atoms with Crippen LogP contribution in [0.3, 0.4) is 0 Å². The van der Waals surface area contributed by atoms with Crippen molar-refractivity contribution in [3.63, 3.8) is 0 Å². The number of nitrogens with zero attached hydrogens (tertiary/aromatic N) is 2. The van der Waals surface area contributed by atoms with Crippen molar-refractivity contribution >= 4 is 34.4 Å². The Kier molecular flexibility index (Phi) is 5.13. The predicted molar refractivity (Wildman–Crippen MR) is 74.1 cm³/mol. The summed E-state index contributed by atoms with van der Waals surface area (Å²) in [6.45, 7) is -0.515. The maximum Gasteiger partial charge on any atom is 0.380 e. The van der Waals surface area contributed by atoms with E-state index in [2.05, 4.69) is 9.51 Å². The molecular weight excluding hydrogens is 367 g/mol. The predicted octanol–water partition coefficient (Wildman–Crippen LogP) is 0.186. The SMILES string of the molecule is Nc1nc(=O)n([C@@H]2O[C@H](COP(=O)(Cl)Cl)C(O)C2O)cc1F. The second kappa shape index (κ2) is 6.40. The van der Waals surface area contributed by atoms with Crippen LogP contribution in [0.5, 0.6) is 0 Å². The third kappa shape index (κ3) is 3.77. The Bertz CT molecular complexity index is 669. The lowest BCUT2D eigenvalue weighted by molar-refractivity contribution is -0.0510. The van der Waals surface area contributed by atoms with Gasteiger partial charge in [0.05, 0.1) is 12.8 Å². The van der Waals surface area contributed by atoms with Crippen molar-refractivity contribution in [2.75, 3.05) is 12.3 Å². The van der Waals surface area contributed by atoms with E-state index in [9.17, 15) is 24.0 Å². The van der Waals surface area contributed by atoms with Crippen LogP contribution in [-0.4, -0.2) is 44.7 Å². The first-order valence-corrected chi connectivity index (χ1v) is 9.23. The molecule has 4 N–H and O–H groups in total. The van der Waals surface area contributed by atoms with E-state index >= 15 is 0 Å². The fourth-order valence-electron chi connectivity index (χ4n) is 1.90. The van der Waals surface area contributed by atoms with Crippen molar-refractivity contribution in [3.8, 4) is 0 Å². The van der Waals surface area contributed by atoms with E-state index < -0.39 is 54.5 Å². The van der Waals surface area contributed by atoms with E-state index in [0.29, 0.717) is 10.8 Å². The van der Waals surface area contributed by atoms with Gasteiger partial charge in [-0.2, -0.15) is 4.98 Å². The van der Waals surface area contributed by atoms with Gasteiger partial charge in [0.1, 0.15) is 18.3 Å². The molecule has 9 nitrogen and oxygen atoms in total. The van der Waals surface area contributed by atoms with Crippen LogP contribution in [0.1, 0.15) is 6.23 Å². The van der Waals surface area contributed by atoms with Crippen molar-refractivity contribution < 1.29 is 28.4 Å². The zero-order valence-corrected chi connectivity index (χ0v) is 13.1. The number of aromatic nitrogens is 2. The maximum atomic E-state index is 13.4. The zero-order valence-electron chi connectivity index (χ0n) is 10.7. The molecule has 124 valence electrons. The average Bonchev–Trinajstić information content (AvgIpc) is 2.68.